The highest BCUT2D eigenvalue weighted by molar-refractivity contribution is 5.94. The summed E-state index contributed by atoms with van der Waals surface area (Å²) in [5, 5.41) is 15.5. The normalized spacial score (nSPS) is 19.9. The summed E-state index contributed by atoms with van der Waals surface area (Å²) < 4.78 is 5.59. The zero-order chi connectivity index (χ0) is 18.8. The van der Waals surface area contributed by atoms with Crippen molar-refractivity contribution < 1.29 is 9.21 Å². The van der Waals surface area contributed by atoms with Gasteiger partial charge in [0.15, 0.2) is 17.5 Å². The molecule has 1 saturated carbocycles. The van der Waals surface area contributed by atoms with Gasteiger partial charge in [-0.05, 0) is 57.0 Å². The fourth-order valence-electron chi connectivity index (χ4n) is 3.63. The summed E-state index contributed by atoms with van der Waals surface area (Å²) in [7, 11) is 1.98. The molecular formula is C20H23N5O2. The summed E-state index contributed by atoms with van der Waals surface area (Å²) in [5.74, 6) is 1.88. The Labute approximate surface area is 157 Å². The summed E-state index contributed by atoms with van der Waals surface area (Å²) in [6, 6.07) is 8.16. The van der Waals surface area contributed by atoms with Gasteiger partial charge < -0.3 is 15.1 Å². The van der Waals surface area contributed by atoms with Crippen LogP contribution in [-0.2, 0) is 4.79 Å². The molecule has 0 atom stereocenters. The highest BCUT2D eigenvalue weighted by Gasteiger charge is 2.25. The van der Waals surface area contributed by atoms with Gasteiger partial charge in [0.05, 0.1) is 11.7 Å². The Morgan fingerprint density at radius 1 is 1.15 bits per heavy atom. The highest BCUT2D eigenvalue weighted by atomic mass is 16.4. The SMILES string of the molecule is CNC1CCC(C(=O)Nc2cc3cc(-c4cnc(C)o4)ccc3nn2)CC1. The van der Waals surface area contributed by atoms with Gasteiger partial charge in [0, 0.05) is 29.8 Å². The first kappa shape index (κ1) is 17.6. The van der Waals surface area contributed by atoms with Crippen LogP contribution < -0.4 is 10.6 Å². The summed E-state index contributed by atoms with van der Waals surface area (Å²) in [5.41, 5.74) is 1.68. The number of nitrogens with one attached hydrogen (secondary N) is 2. The minimum atomic E-state index is 0.0280. The van der Waals surface area contributed by atoms with Gasteiger partial charge in [-0.25, -0.2) is 4.98 Å². The van der Waals surface area contributed by atoms with Gasteiger partial charge in [-0.3, -0.25) is 4.79 Å². The Balaban J connectivity index is 1.51. The van der Waals surface area contributed by atoms with Gasteiger partial charge in [0.25, 0.3) is 0 Å². The molecule has 0 aliphatic heterocycles. The third kappa shape index (κ3) is 3.83. The number of carbonyl (C=O) groups excluding carboxylic acids is 1. The van der Waals surface area contributed by atoms with Crippen LogP contribution in [0.3, 0.4) is 0 Å². The minimum absolute atomic E-state index is 0.0280. The monoisotopic (exact) mass is 365 g/mol. The molecule has 2 aromatic heterocycles. The molecule has 0 unspecified atom stereocenters. The summed E-state index contributed by atoms with van der Waals surface area (Å²) >= 11 is 0. The Morgan fingerprint density at radius 2 is 1.96 bits per heavy atom. The molecular weight excluding hydrogens is 342 g/mol. The lowest BCUT2D eigenvalue weighted by Gasteiger charge is -2.27. The highest BCUT2D eigenvalue weighted by Crippen LogP contribution is 2.27. The smallest absolute Gasteiger partial charge is 0.228 e. The Morgan fingerprint density at radius 3 is 2.67 bits per heavy atom. The molecule has 1 fully saturated rings. The lowest BCUT2D eigenvalue weighted by molar-refractivity contribution is -0.120. The maximum Gasteiger partial charge on any atom is 0.228 e. The third-order valence-corrected chi connectivity index (χ3v) is 5.25. The number of fused-ring (bicyclic) bond motifs is 1. The number of carbonyl (C=O) groups is 1. The van der Waals surface area contributed by atoms with Crippen LogP contribution in [0.25, 0.3) is 22.2 Å². The molecule has 0 saturated heterocycles. The molecule has 2 N–H and O–H groups in total. The molecule has 1 aliphatic carbocycles. The first-order valence-electron chi connectivity index (χ1n) is 9.31. The van der Waals surface area contributed by atoms with E-state index in [9.17, 15) is 4.79 Å². The number of amides is 1. The van der Waals surface area contributed by atoms with Crippen molar-refractivity contribution in [2.75, 3.05) is 12.4 Å². The van der Waals surface area contributed by atoms with Crippen molar-refractivity contribution in [3.8, 4) is 11.3 Å². The van der Waals surface area contributed by atoms with E-state index in [1.165, 1.54) is 0 Å². The quantitative estimate of drug-likeness (QED) is 0.737. The molecule has 7 heteroatoms. The number of aromatic nitrogens is 3. The molecule has 3 aromatic rings. The van der Waals surface area contributed by atoms with E-state index < -0.39 is 0 Å². The molecule has 0 bridgehead atoms. The van der Waals surface area contributed by atoms with E-state index >= 15 is 0 Å². The van der Waals surface area contributed by atoms with Crippen LogP contribution in [0.5, 0.6) is 0 Å². The van der Waals surface area contributed by atoms with Gasteiger partial charge in [0.1, 0.15) is 0 Å². The van der Waals surface area contributed by atoms with Crippen LogP contribution in [0.15, 0.2) is 34.9 Å². The Hall–Kier alpha value is -2.80. The van der Waals surface area contributed by atoms with Crippen molar-refractivity contribution in [1.29, 1.82) is 0 Å². The van der Waals surface area contributed by atoms with E-state index in [0.717, 1.165) is 42.1 Å². The topological polar surface area (TPSA) is 92.9 Å². The number of benzene rings is 1. The molecule has 7 nitrogen and oxygen atoms in total. The molecule has 4 rings (SSSR count). The van der Waals surface area contributed by atoms with Crippen molar-refractivity contribution >= 4 is 22.6 Å². The van der Waals surface area contributed by atoms with Crippen LogP contribution in [-0.4, -0.2) is 34.2 Å². The molecule has 1 amide bonds. The first-order chi connectivity index (χ1) is 13.1. The summed E-state index contributed by atoms with van der Waals surface area (Å²) in [4.78, 5) is 16.7. The van der Waals surface area contributed by atoms with E-state index in [2.05, 4.69) is 25.8 Å². The van der Waals surface area contributed by atoms with Crippen molar-refractivity contribution in [3.63, 3.8) is 0 Å². The van der Waals surface area contributed by atoms with Crippen molar-refractivity contribution in [3.05, 3.63) is 36.4 Å². The van der Waals surface area contributed by atoms with Gasteiger partial charge in [-0.2, -0.15) is 0 Å². The van der Waals surface area contributed by atoms with E-state index in [-0.39, 0.29) is 11.8 Å². The fraction of sp³-hybridized carbons (Fsp3) is 0.400. The molecule has 2 heterocycles. The maximum atomic E-state index is 12.6. The van der Waals surface area contributed by atoms with Crippen molar-refractivity contribution in [1.82, 2.24) is 20.5 Å². The number of aryl methyl sites for hydroxylation is 1. The lowest BCUT2D eigenvalue weighted by Crippen LogP contribution is -2.34. The van der Waals surface area contributed by atoms with Gasteiger partial charge in [-0.15, -0.1) is 10.2 Å². The van der Waals surface area contributed by atoms with E-state index in [4.69, 9.17) is 4.42 Å². The molecule has 1 aromatic carbocycles. The predicted octanol–water partition coefficient (Wildman–Crippen LogP) is 3.31. The zero-order valence-corrected chi connectivity index (χ0v) is 15.5. The second-order valence-electron chi connectivity index (χ2n) is 7.07. The standard InChI is InChI=1S/C20H23N5O2/c1-12-22-11-18(27-12)14-5-8-17-15(9-14)10-19(25-24-17)23-20(26)13-3-6-16(21-2)7-4-13/h5,8-11,13,16,21H,3-4,6-7H2,1-2H3,(H,23,25,26). The van der Waals surface area contributed by atoms with Crippen LogP contribution in [0.4, 0.5) is 5.82 Å². The Bertz CT molecular complexity index is 960. The number of nitrogens with zero attached hydrogens (tertiary/aromatic N) is 3. The minimum Gasteiger partial charge on any atom is -0.441 e. The van der Waals surface area contributed by atoms with Gasteiger partial charge in [0.2, 0.25) is 5.91 Å². The average molecular weight is 365 g/mol. The molecule has 27 heavy (non-hydrogen) atoms. The van der Waals surface area contributed by atoms with Gasteiger partial charge in [-0.1, -0.05) is 0 Å². The zero-order valence-electron chi connectivity index (χ0n) is 15.5. The summed E-state index contributed by atoms with van der Waals surface area (Å²) in [6.07, 6.45) is 5.55. The number of anilines is 1. The van der Waals surface area contributed by atoms with Crippen LogP contribution in [0.1, 0.15) is 31.6 Å². The third-order valence-electron chi connectivity index (χ3n) is 5.25. The fourth-order valence-corrected chi connectivity index (χ4v) is 3.63. The van der Waals surface area contributed by atoms with Crippen LogP contribution >= 0.6 is 0 Å². The first-order valence-corrected chi connectivity index (χ1v) is 9.31. The van der Waals surface area contributed by atoms with E-state index in [1.807, 2.05) is 38.2 Å². The number of hydrogen-bond donors (Lipinski definition) is 2. The van der Waals surface area contributed by atoms with E-state index in [1.54, 1.807) is 6.20 Å². The van der Waals surface area contributed by atoms with Gasteiger partial charge >= 0.3 is 0 Å². The van der Waals surface area contributed by atoms with E-state index in [0.29, 0.717) is 23.5 Å². The van der Waals surface area contributed by atoms with Crippen molar-refractivity contribution in [2.45, 2.75) is 38.6 Å². The number of hydrogen-bond acceptors (Lipinski definition) is 6. The van der Waals surface area contributed by atoms with Crippen molar-refractivity contribution in [2.24, 2.45) is 5.92 Å². The second-order valence-corrected chi connectivity index (χ2v) is 7.07. The largest absolute Gasteiger partial charge is 0.441 e. The van der Waals surface area contributed by atoms with Crippen LogP contribution in [0.2, 0.25) is 0 Å². The number of rotatable bonds is 4. The molecule has 0 radical (unpaired) electrons. The summed E-state index contributed by atoms with van der Waals surface area (Å²) in [6.45, 7) is 1.81. The lowest BCUT2D eigenvalue weighted by atomic mass is 9.85. The molecule has 1 aliphatic rings. The number of oxazole rings is 1. The second kappa shape index (κ2) is 7.44. The Kier molecular flexibility index (Phi) is 4.85. The molecule has 140 valence electrons. The molecule has 0 spiro atoms. The van der Waals surface area contributed by atoms with Crippen LogP contribution in [0, 0.1) is 12.8 Å². The predicted molar refractivity (Wildman–Crippen MR) is 103 cm³/mol. The maximum absolute atomic E-state index is 12.6. The average Bonchev–Trinajstić information content (AvgIpc) is 3.14.